The molecule has 0 atom stereocenters. The fourth-order valence-electron chi connectivity index (χ4n) is 2.84. The average Bonchev–Trinajstić information content (AvgIpc) is 2.73. The lowest BCUT2D eigenvalue weighted by Gasteiger charge is -2.09. The van der Waals surface area contributed by atoms with Gasteiger partial charge in [-0.1, -0.05) is 48.5 Å². The number of hydrogen-bond acceptors (Lipinski definition) is 4. The number of ether oxygens (including phenoxy) is 1. The molecule has 0 radical (unpaired) electrons. The molecule has 152 valence electrons. The summed E-state index contributed by atoms with van der Waals surface area (Å²) in [5.74, 6) is -0.478. The second-order valence-electron chi connectivity index (χ2n) is 6.71. The van der Waals surface area contributed by atoms with Crippen LogP contribution < -0.4 is 15.4 Å². The first-order valence-electron chi connectivity index (χ1n) is 9.49. The molecule has 0 spiro atoms. The van der Waals surface area contributed by atoms with Crippen LogP contribution in [0.5, 0.6) is 5.75 Å². The van der Waals surface area contributed by atoms with E-state index in [4.69, 9.17) is 4.74 Å². The Kier molecular flexibility index (Phi) is 6.95. The molecule has 0 aliphatic carbocycles. The first-order valence-corrected chi connectivity index (χ1v) is 9.49. The Labute approximate surface area is 174 Å². The summed E-state index contributed by atoms with van der Waals surface area (Å²) in [7, 11) is 0. The first-order chi connectivity index (χ1) is 14.5. The monoisotopic (exact) mass is 402 g/mol. The van der Waals surface area contributed by atoms with Gasteiger partial charge in [-0.3, -0.25) is 14.4 Å². The molecule has 2 amide bonds. The van der Waals surface area contributed by atoms with Crippen LogP contribution in [0.2, 0.25) is 0 Å². The molecule has 0 unspecified atom stereocenters. The smallest absolute Gasteiger partial charge is 0.308 e. The third-order valence-electron chi connectivity index (χ3n) is 4.26. The maximum absolute atomic E-state index is 12.3. The highest BCUT2D eigenvalue weighted by Crippen LogP contribution is 2.14. The molecule has 6 nitrogen and oxygen atoms in total. The molecule has 2 N–H and O–H groups in total. The van der Waals surface area contributed by atoms with Gasteiger partial charge in [-0.25, -0.2) is 0 Å². The number of anilines is 1. The second-order valence-corrected chi connectivity index (χ2v) is 6.71. The summed E-state index contributed by atoms with van der Waals surface area (Å²) in [5.41, 5.74) is 2.94. The van der Waals surface area contributed by atoms with Gasteiger partial charge in [0.2, 0.25) is 5.91 Å². The number of nitrogens with one attached hydrogen (secondary N) is 2. The van der Waals surface area contributed by atoms with Crippen LogP contribution in [0.1, 0.15) is 28.4 Å². The number of rotatable bonds is 7. The summed E-state index contributed by atoms with van der Waals surface area (Å²) in [6.45, 7) is 1.63. The topological polar surface area (TPSA) is 84.5 Å². The van der Waals surface area contributed by atoms with Crippen molar-refractivity contribution >= 4 is 23.5 Å². The highest BCUT2D eigenvalue weighted by Gasteiger charge is 2.08. The normalized spacial score (nSPS) is 10.2. The Hall–Kier alpha value is -3.93. The van der Waals surface area contributed by atoms with E-state index in [-0.39, 0.29) is 11.8 Å². The Balaban J connectivity index is 1.51. The highest BCUT2D eigenvalue weighted by atomic mass is 16.5. The maximum Gasteiger partial charge on any atom is 0.308 e. The van der Waals surface area contributed by atoms with Crippen molar-refractivity contribution in [3.63, 3.8) is 0 Å². The first kappa shape index (κ1) is 20.8. The van der Waals surface area contributed by atoms with Crippen LogP contribution in [-0.4, -0.2) is 17.8 Å². The third kappa shape index (κ3) is 6.31. The summed E-state index contributed by atoms with van der Waals surface area (Å²) < 4.78 is 5.00. The lowest BCUT2D eigenvalue weighted by Crippen LogP contribution is -2.22. The van der Waals surface area contributed by atoms with Gasteiger partial charge in [-0.05, 0) is 41.5 Å². The van der Waals surface area contributed by atoms with Gasteiger partial charge in [0.05, 0.1) is 6.42 Å². The molecule has 3 aromatic carbocycles. The van der Waals surface area contributed by atoms with E-state index in [1.807, 2.05) is 42.5 Å². The number of esters is 1. The van der Waals surface area contributed by atoms with E-state index in [1.165, 1.54) is 13.0 Å². The Bertz CT molecular complexity index is 1030. The molecular weight excluding hydrogens is 380 g/mol. The fraction of sp³-hybridized carbons (Fsp3) is 0.125. The molecule has 3 rings (SSSR count). The van der Waals surface area contributed by atoms with E-state index >= 15 is 0 Å². The van der Waals surface area contributed by atoms with Crippen molar-refractivity contribution in [2.45, 2.75) is 19.9 Å². The SMILES string of the molecule is CC(=O)Oc1cccc(C(=O)NCc2ccc(NC(=O)Cc3ccccc3)cc2)c1. The van der Waals surface area contributed by atoms with Crippen molar-refractivity contribution in [2.75, 3.05) is 5.32 Å². The highest BCUT2D eigenvalue weighted by molar-refractivity contribution is 5.94. The Morgan fingerprint density at radius 2 is 1.57 bits per heavy atom. The van der Waals surface area contributed by atoms with Crippen LogP contribution in [0.15, 0.2) is 78.9 Å². The van der Waals surface area contributed by atoms with Gasteiger partial charge >= 0.3 is 5.97 Å². The minimum absolute atomic E-state index is 0.0880. The van der Waals surface area contributed by atoms with Crippen LogP contribution in [-0.2, 0) is 22.6 Å². The lowest BCUT2D eigenvalue weighted by molar-refractivity contribution is -0.131. The summed E-state index contributed by atoms with van der Waals surface area (Å²) in [6, 6.07) is 23.2. The molecule has 0 aromatic heterocycles. The van der Waals surface area contributed by atoms with Gasteiger partial charge in [0.1, 0.15) is 5.75 Å². The van der Waals surface area contributed by atoms with Crippen LogP contribution in [0.4, 0.5) is 5.69 Å². The molecule has 0 heterocycles. The lowest BCUT2D eigenvalue weighted by atomic mass is 10.1. The zero-order valence-corrected chi connectivity index (χ0v) is 16.6. The molecule has 0 aliphatic rings. The molecule has 0 bridgehead atoms. The molecule has 0 aliphatic heterocycles. The Morgan fingerprint density at radius 1 is 0.833 bits per heavy atom. The summed E-state index contributed by atoms with van der Waals surface area (Å²) in [5, 5.41) is 5.68. The zero-order chi connectivity index (χ0) is 21.3. The standard InChI is InChI=1S/C24H22N2O4/c1-17(27)30-22-9-5-8-20(15-22)24(29)25-16-19-10-12-21(13-11-19)26-23(28)14-18-6-3-2-4-7-18/h2-13,15H,14,16H2,1H3,(H,25,29)(H,26,28). The molecule has 6 heteroatoms. The van der Waals surface area contributed by atoms with Crippen molar-refractivity contribution in [3.05, 3.63) is 95.6 Å². The van der Waals surface area contributed by atoms with Gasteiger partial charge < -0.3 is 15.4 Å². The van der Waals surface area contributed by atoms with Gasteiger partial charge in [0, 0.05) is 24.7 Å². The predicted molar refractivity (Wildman–Crippen MR) is 114 cm³/mol. The van der Waals surface area contributed by atoms with Crippen LogP contribution in [0.25, 0.3) is 0 Å². The summed E-state index contributed by atoms with van der Waals surface area (Å²) in [4.78, 5) is 35.5. The molecule has 3 aromatic rings. The molecular formula is C24H22N2O4. The quantitative estimate of drug-likeness (QED) is 0.466. The minimum Gasteiger partial charge on any atom is -0.427 e. The van der Waals surface area contributed by atoms with Crippen LogP contribution in [0, 0.1) is 0 Å². The van der Waals surface area contributed by atoms with Crippen molar-refractivity contribution < 1.29 is 19.1 Å². The number of carbonyl (C=O) groups is 3. The molecule has 0 saturated carbocycles. The predicted octanol–water partition coefficient (Wildman–Crippen LogP) is 3.72. The van der Waals surface area contributed by atoms with Gasteiger partial charge in [0.15, 0.2) is 0 Å². The Morgan fingerprint density at radius 3 is 2.27 bits per heavy atom. The maximum atomic E-state index is 12.3. The van der Waals surface area contributed by atoms with Gasteiger partial charge in [0.25, 0.3) is 5.91 Å². The van der Waals surface area contributed by atoms with Crippen molar-refractivity contribution in [3.8, 4) is 5.75 Å². The van der Waals surface area contributed by atoms with Crippen LogP contribution >= 0.6 is 0 Å². The van der Waals surface area contributed by atoms with E-state index < -0.39 is 5.97 Å². The second kappa shape index (κ2) is 10.0. The van der Waals surface area contributed by atoms with E-state index in [0.717, 1.165) is 11.1 Å². The third-order valence-corrected chi connectivity index (χ3v) is 4.26. The van der Waals surface area contributed by atoms with Crippen molar-refractivity contribution in [1.29, 1.82) is 0 Å². The molecule has 0 fully saturated rings. The zero-order valence-electron chi connectivity index (χ0n) is 16.6. The van der Waals surface area contributed by atoms with Crippen molar-refractivity contribution in [2.24, 2.45) is 0 Å². The van der Waals surface area contributed by atoms with E-state index in [9.17, 15) is 14.4 Å². The van der Waals surface area contributed by atoms with E-state index in [0.29, 0.717) is 30.0 Å². The minimum atomic E-state index is -0.441. The van der Waals surface area contributed by atoms with E-state index in [1.54, 1.807) is 30.3 Å². The molecule has 0 saturated heterocycles. The number of carbonyl (C=O) groups excluding carboxylic acids is 3. The summed E-state index contributed by atoms with van der Waals surface area (Å²) >= 11 is 0. The van der Waals surface area contributed by atoms with E-state index in [2.05, 4.69) is 10.6 Å². The fourth-order valence-corrected chi connectivity index (χ4v) is 2.84. The number of hydrogen-bond donors (Lipinski definition) is 2. The van der Waals surface area contributed by atoms with Crippen LogP contribution in [0.3, 0.4) is 0 Å². The van der Waals surface area contributed by atoms with Crippen molar-refractivity contribution in [1.82, 2.24) is 5.32 Å². The summed E-state index contributed by atoms with van der Waals surface area (Å²) in [6.07, 6.45) is 0.311. The number of benzene rings is 3. The van der Waals surface area contributed by atoms with Gasteiger partial charge in [-0.15, -0.1) is 0 Å². The molecule has 30 heavy (non-hydrogen) atoms. The number of amides is 2. The average molecular weight is 402 g/mol. The van der Waals surface area contributed by atoms with Gasteiger partial charge in [-0.2, -0.15) is 0 Å². The largest absolute Gasteiger partial charge is 0.427 e.